The zero-order valence-corrected chi connectivity index (χ0v) is 16.1. The molecule has 0 radical (unpaired) electrons. The third-order valence-corrected chi connectivity index (χ3v) is 8.08. The number of hydrogen-bond acceptors (Lipinski definition) is 5. The van der Waals surface area contributed by atoms with Crippen LogP contribution in [0.15, 0.2) is 29.2 Å². The highest BCUT2D eigenvalue weighted by Gasteiger charge is 2.27. The van der Waals surface area contributed by atoms with Crippen LogP contribution >= 0.6 is 0 Å². The van der Waals surface area contributed by atoms with Crippen molar-refractivity contribution in [1.82, 2.24) is 8.61 Å². The zero-order valence-electron chi connectivity index (χ0n) is 14.4. The molecule has 1 aromatic carbocycles. The Kier molecular flexibility index (Phi) is 6.21. The van der Waals surface area contributed by atoms with Crippen molar-refractivity contribution in [3.8, 4) is 6.07 Å². The molecule has 1 aliphatic heterocycles. The van der Waals surface area contributed by atoms with Gasteiger partial charge in [0.15, 0.2) is 0 Å². The number of rotatable bonds is 6. The molecular weight excluding hydrogens is 362 g/mol. The second-order valence-corrected chi connectivity index (χ2v) is 10.5. The summed E-state index contributed by atoms with van der Waals surface area (Å²) in [7, 11) is -3.92. The van der Waals surface area contributed by atoms with Gasteiger partial charge in [-0.25, -0.2) is 25.4 Å². The molecule has 138 valence electrons. The van der Waals surface area contributed by atoms with Gasteiger partial charge in [-0.1, -0.05) is 12.1 Å². The number of nitriles is 1. The van der Waals surface area contributed by atoms with Gasteiger partial charge in [-0.05, 0) is 37.0 Å². The summed E-state index contributed by atoms with van der Waals surface area (Å²) < 4.78 is 51.4. The molecule has 1 heterocycles. The fourth-order valence-electron chi connectivity index (χ4n) is 2.68. The van der Waals surface area contributed by atoms with Crippen LogP contribution in [0.3, 0.4) is 0 Å². The number of benzene rings is 1. The Bertz CT molecular complexity index is 832. The molecule has 9 heteroatoms. The number of nitrogens with zero attached hydrogens (tertiary/aromatic N) is 3. The van der Waals surface area contributed by atoms with Crippen LogP contribution < -0.4 is 0 Å². The fourth-order valence-corrected chi connectivity index (χ4v) is 5.10. The summed E-state index contributed by atoms with van der Waals surface area (Å²) >= 11 is 0. The molecule has 0 unspecified atom stereocenters. The van der Waals surface area contributed by atoms with Gasteiger partial charge < -0.3 is 0 Å². The van der Waals surface area contributed by atoms with E-state index in [-0.39, 0.29) is 16.6 Å². The van der Waals surface area contributed by atoms with Crippen LogP contribution in [0.25, 0.3) is 0 Å². The minimum Gasteiger partial charge on any atom is -0.212 e. The lowest BCUT2D eigenvalue weighted by atomic mass is 10.0. The lowest BCUT2D eigenvalue weighted by Gasteiger charge is -2.28. The summed E-state index contributed by atoms with van der Waals surface area (Å²) in [6, 6.07) is 8.47. The number of hydrogen-bond donors (Lipinski definition) is 0. The largest absolute Gasteiger partial charge is 0.242 e. The van der Waals surface area contributed by atoms with Crippen LogP contribution in [0.2, 0.25) is 0 Å². The molecule has 7 nitrogen and oxygen atoms in total. The third-order valence-electron chi connectivity index (χ3n) is 4.38. The van der Waals surface area contributed by atoms with E-state index >= 15 is 0 Å². The fraction of sp³-hybridized carbons (Fsp3) is 0.562. The molecule has 0 saturated carbocycles. The molecule has 1 aromatic rings. The predicted octanol–water partition coefficient (Wildman–Crippen LogP) is 1.04. The van der Waals surface area contributed by atoms with E-state index in [0.29, 0.717) is 32.4 Å². The molecule has 0 amide bonds. The average Bonchev–Trinajstić information content (AvgIpc) is 2.60. The number of aryl methyl sites for hydroxylation is 1. The molecule has 2 rings (SSSR count). The highest BCUT2D eigenvalue weighted by atomic mass is 32.2. The molecular formula is C16H23N3O4S2. The molecule has 1 fully saturated rings. The highest BCUT2D eigenvalue weighted by Crippen LogP contribution is 2.20. The van der Waals surface area contributed by atoms with Gasteiger partial charge in [0.05, 0.1) is 16.7 Å². The molecule has 0 bridgehead atoms. The maximum atomic E-state index is 12.4. The van der Waals surface area contributed by atoms with Gasteiger partial charge in [-0.3, -0.25) is 0 Å². The van der Waals surface area contributed by atoms with Crippen LogP contribution in [-0.4, -0.2) is 58.4 Å². The van der Waals surface area contributed by atoms with Crippen molar-refractivity contribution in [3.63, 3.8) is 0 Å². The summed E-state index contributed by atoms with van der Waals surface area (Å²) in [5.41, 5.74) is 0.771. The SMILES string of the molecule is CN(C)S(=O)(=O)c1ccc(CCS(=O)(=O)N2CCC(C#N)CC2)cc1. The van der Waals surface area contributed by atoms with Crippen molar-refractivity contribution in [2.24, 2.45) is 5.92 Å². The van der Waals surface area contributed by atoms with Gasteiger partial charge in [-0.15, -0.1) is 0 Å². The van der Waals surface area contributed by atoms with Crippen molar-refractivity contribution in [3.05, 3.63) is 29.8 Å². The smallest absolute Gasteiger partial charge is 0.212 e. The Labute approximate surface area is 150 Å². The predicted molar refractivity (Wildman–Crippen MR) is 94.7 cm³/mol. The minimum atomic E-state index is -3.48. The van der Waals surface area contributed by atoms with E-state index in [2.05, 4.69) is 6.07 Å². The van der Waals surface area contributed by atoms with E-state index in [9.17, 15) is 16.8 Å². The van der Waals surface area contributed by atoms with Crippen LogP contribution in [0, 0.1) is 17.2 Å². The Morgan fingerprint density at radius 3 is 2.16 bits per heavy atom. The Hall–Kier alpha value is -1.47. The van der Waals surface area contributed by atoms with E-state index in [1.165, 1.54) is 30.5 Å². The molecule has 0 atom stereocenters. The Morgan fingerprint density at radius 1 is 1.12 bits per heavy atom. The lowest BCUT2D eigenvalue weighted by molar-refractivity contribution is 0.310. The molecule has 0 aliphatic carbocycles. The van der Waals surface area contributed by atoms with Crippen LogP contribution in [0.4, 0.5) is 0 Å². The average molecular weight is 386 g/mol. The van der Waals surface area contributed by atoms with E-state index in [1.807, 2.05) is 0 Å². The molecule has 1 aliphatic rings. The normalized spacial score (nSPS) is 17.5. The first kappa shape index (κ1) is 19.8. The minimum absolute atomic E-state index is 0.0238. The molecule has 1 saturated heterocycles. The van der Waals surface area contributed by atoms with E-state index in [4.69, 9.17) is 5.26 Å². The quantitative estimate of drug-likeness (QED) is 0.729. The van der Waals surface area contributed by atoms with E-state index in [1.54, 1.807) is 12.1 Å². The summed E-state index contributed by atoms with van der Waals surface area (Å²) in [5.74, 6) is -0.0816. The van der Waals surface area contributed by atoms with Crippen molar-refractivity contribution < 1.29 is 16.8 Å². The van der Waals surface area contributed by atoms with Gasteiger partial charge in [0, 0.05) is 33.1 Å². The van der Waals surface area contributed by atoms with Crippen LogP contribution in [0.1, 0.15) is 18.4 Å². The first-order valence-electron chi connectivity index (χ1n) is 8.06. The second kappa shape index (κ2) is 7.83. The van der Waals surface area contributed by atoms with Crippen molar-refractivity contribution in [2.45, 2.75) is 24.2 Å². The number of piperidine rings is 1. The van der Waals surface area contributed by atoms with Crippen LogP contribution in [0.5, 0.6) is 0 Å². The van der Waals surface area contributed by atoms with Crippen LogP contribution in [-0.2, 0) is 26.5 Å². The van der Waals surface area contributed by atoms with Gasteiger partial charge in [-0.2, -0.15) is 5.26 Å². The van der Waals surface area contributed by atoms with Gasteiger partial charge in [0.2, 0.25) is 20.0 Å². The third kappa shape index (κ3) is 4.79. The van der Waals surface area contributed by atoms with Crippen molar-refractivity contribution in [1.29, 1.82) is 5.26 Å². The van der Waals surface area contributed by atoms with Crippen molar-refractivity contribution in [2.75, 3.05) is 32.9 Å². The molecule has 0 spiro atoms. The Balaban J connectivity index is 1.98. The summed E-state index contributed by atoms with van der Waals surface area (Å²) in [5, 5.41) is 8.88. The summed E-state index contributed by atoms with van der Waals surface area (Å²) in [6.45, 7) is 0.779. The monoisotopic (exact) mass is 385 g/mol. The lowest BCUT2D eigenvalue weighted by Crippen LogP contribution is -2.39. The number of sulfonamides is 2. The van der Waals surface area contributed by atoms with E-state index in [0.717, 1.165) is 9.87 Å². The first-order valence-corrected chi connectivity index (χ1v) is 11.1. The molecule has 0 N–H and O–H groups in total. The summed E-state index contributed by atoms with van der Waals surface area (Å²) in [6.07, 6.45) is 1.47. The van der Waals surface area contributed by atoms with Crippen molar-refractivity contribution >= 4 is 20.0 Å². The second-order valence-electron chi connectivity index (χ2n) is 6.30. The van der Waals surface area contributed by atoms with E-state index < -0.39 is 20.0 Å². The standard InChI is InChI=1S/C16H23N3O4S2/c1-18(2)25(22,23)16-5-3-14(4-6-16)9-12-24(20,21)19-10-7-15(13-17)8-11-19/h3-6,15H,7-12H2,1-2H3. The molecule has 0 aromatic heterocycles. The van der Waals surface area contributed by atoms with Gasteiger partial charge in [0.1, 0.15) is 0 Å². The highest BCUT2D eigenvalue weighted by molar-refractivity contribution is 7.89. The van der Waals surface area contributed by atoms with Gasteiger partial charge >= 0.3 is 0 Å². The topological polar surface area (TPSA) is 98.6 Å². The summed E-state index contributed by atoms with van der Waals surface area (Å²) in [4.78, 5) is 0.183. The maximum absolute atomic E-state index is 12.4. The molecule has 25 heavy (non-hydrogen) atoms. The first-order chi connectivity index (χ1) is 11.7. The maximum Gasteiger partial charge on any atom is 0.242 e. The zero-order chi connectivity index (χ0) is 18.7. The Morgan fingerprint density at radius 2 is 1.68 bits per heavy atom. The van der Waals surface area contributed by atoms with Gasteiger partial charge in [0.25, 0.3) is 0 Å².